The van der Waals surface area contributed by atoms with Crippen molar-refractivity contribution in [3.05, 3.63) is 35.4 Å². The van der Waals surface area contributed by atoms with E-state index in [4.69, 9.17) is 14.2 Å². The van der Waals surface area contributed by atoms with Crippen molar-refractivity contribution in [1.82, 2.24) is 4.90 Å². The van der Waals surface area contributed by atoms with Crippen molar-refractivity contribution in [2.75, 3.05) is 33.4 Å². The van der Waals surface area contributed by atoms with Crippen LogP contribution in [0.2, 0.25) is 0 Å². The first kappa shape index (κ1) is 14.5. The standard InChI is InChI=1S/C16H21NO4/c1-19-15(18)14-5-3-13(4-6-14)11-17-8-2-7-16(12-17)20-9-10-21-16/h3-6H,2,7-12H2,1H3. The zero-order valence-electron chi connectivity index (χ0n) is 12.3. The van der Waals surface area contributed by atoms with Crippen LogP contribution in [0.15, 0.2) is 24.3 Å². The lowest BCUT2D eigenvalue weighted by Crippen LogP contribution is -2.48. The number of ether oxygens (including phenoxy) is 3. The van der Waals surface area contributed by atoms with Gasteiger partial charge in [-0.2, -0.15) is 0 Å². The number of piperidine rings is 1. The maximum atomic E-state index is 11.4. The van der Waals surface area contributed by atoms with Crippen LogP contribution in [0.25, 0.3) is 0 Å². The van der Waals surface area contributed by atoms with E-state index < -0.39 is 0 Å². The Bertz CT molecular complexity index is 494. The van der Waals surface area contributed by atoms with Gasteiger partial charge in [-0.05, 0) is 30.7 Å². The zero-order valence-corrected chi connectivity index (χ0v) is 12.3. The second-order valence-electron chi connectivity index (χ2n) is 5.61. The summed E-state index contributed by atoms with van der Waals surface area (Å²) in [6, 6.07) is 7.57. The third-order valence-electron chi connectivity index (χ3n) is 4.09. The molecule has 5 nitrogen and oxygen atoms in total. The number of esters is 1. The first-order chi connectivity index (χ1) is 10.2. The molecule has 0 amide bonds. The molecule has 0 aromatic heterocycles. The molecule has 0 atom stereocenters. The molecule has 0 aliphatic carbocycles. The molecule has 1 spiro atoms. The second-order valence-corrected chi connectivity index (χ2v) is 5.61. The van der Waals surface area contributed by atoms with E-state index in [1.54, 1.807) is 0 Å². The van der Waals surface area contributed by atoms with Gasteiger partial charge in [0.05, 0.1) is 32.4 Å². The number of carbonyl (C=O) groups excluding carboxylic acids is 1. The monoisotopic (exact) mass is 291 g/mol. The van der Waals surface area contributed by atoms with Crippen molar-refractivity contribution in [3.63, 3.8) is 0 Å². The van der Waals surface area contributed by atoms with Crippen molar-refractivity contribution in [1.29, 1.82) is 0 Å². The third-order valence-corrected chi connectivity index (χ3v) is 4.09. The molecule has 0 unspecified atom stereocenters. The summed E-state index contributed by atoms with van der Waals surface area (Å²) >= 11 is 0. The van der Waals surface area contributed by atoms with E-state index in [9.17, 15) is 4.79 Å². The molecule has 2 fully saturated rings. The van der Waals surface area contributed by atoms with Crippen LogP contribution in [0.3, 0.4) is 0 Å². The molecule has 1 aromatic rings. The number of hydrogen-bond donors (Lipinski definition) is 0. The molecule has 2 aliphatic rings. The first-order valence-electron chi connectivity index (χ1n) is 7.38. The summed E-state index contributed by atoms with van der Waals surface area (Å²) in [6.07, 6.45) is 2.06. The molecule has 5 heteroatoms. The van der Waals surface area contributed by atoms with E-state index in [2.05, 4.69) is 4.90 Å². The minimum Gasteiger partial charge on any atom is -0.465 e. The van der Waals surface area contributed by atoms with Gasteiger partial charge in [0.1, 0.15) is 0 Å². The van der Waals surface area contributed by atoms with Crippen molar-refractivity contribution in [2.24, 2.45) is 0 Å². The number of hydrogen-bond acceptors (Lipinski definition) is 5. The van der Waals surface area contributed by atoms with E-state index in [0.29, 0.717) is 18.8 Å². The van der Waals surface area contributed by atoms with Gasteiger partial charge >= 0.3 is 5.97 Å². The van der Waals surface area contributed by atoms with Gasteiger partial charge in [0.2, 0.25) is 0 Å². The highest BCUT2D eigenvalue weighted by molar-refractivity contribution is 5.89. The van der Waals surface area contributed by atoms with Crippen molar-refractivity contribution in [2.45, 2.75) is 25.2 Å². The fraction of sp³-hybridized carbons (Fsp3) is 0.562. The number of likely N-dealkylation sites (tertiary alicyclic amines) is 1. The Morgan fingerprint density at radius 2 is 2.00 bits per heavy atom. The Hall–Kier alpha value is -1.43. The fourth-order valence-electron chi connectivity index (χ4n) is 3.06. The molecule has 0 saturated carbocycles. The SMILES string of the molecule is COC(=O)c1ccc(CN2CCCC3(C2)OCCO3)cc1. The quantitative estimate of drug-likeness (QED) is 0.795. The number of methoxy groups -OCH3 is 1. The van der Waals surface area contributed by atoms with Crippen LogP contribution < -0.4 is 0 Å². The van der Waals surface area contributed by atoms with Crippen LogP contribution in [0.5, 0.6) is 0 Å². The van der Waals surface area contributed by atoms with Gasteiger partial charge in [0.25, 0.3) is 0 Å². The van der Waals surface area contributed by atoms with E-state index in [0.717, 1.165) is 32.5 Å². The smallest absolute Gasteiger partial charge is 0.337 e. The van der Waals surface area contributed by atoms with E-state index >= 15 is 0 Å². The van der Waals surface area contributed by atoms with Crippen LogP contribution >= 0.6 is 0 Å². The number of rotatable bonds is 3. The second kappa shape index (κ2) is 6.13. The summed E-state index contributed by atoms with van der Waals surface area (Å²) in [5, 5.41) is 0. The Morgan fingerprint density at radius 3 is 2.67 bits per heavy atom. The minimum absolute atomic E-state index is 0.300. The number of benzene rings is 1. The van der Waals surface area contributed by atoms with Crippen molar-refractivity contribution in [3.8, 4) is 0 Å². The minimum atomic E-state index is -0.385. The van der Waals surface area contributed by atoms with E-state index in [-0.39, 0.29) is 11.8 Å². The topological polar surface area (TPSA) is 48.0 Å². The molecule has 21 heavy (non-hydrogen) atoms. The molecule has 2 heterocycles. The van der Waals surface area contributed by atoms with Gasteiger partial charge < -0.3 is 14.2 Å². The van der Waals surface area contributed by atoms with Crippen LogP contribution in [0, 0.1) is 0 Å². The molecule has 2 saturated heterocycles. The average molecular weight is 291 g/mol. The lowest BCUT2D eigenvalue weighted by molar-refractivity contribution is -0.190. The lowest BCUT2D eigenvalue weighted by Gasteiger charge is -2.38. The Balaban J connectivity index is 1.62. The van der Waals surface area contributed by atoms with Gasteiger partial charge in [-0.15, -0.1) is 0 Å². The van der Waals surface area contributed by atoms with Gasteiger partial charge in [-0.3, -0.25) is 4.90 Å². The number of nitrogens with zero attached hydrogens (tertiary/aromatic N) is 1. The van der Waals surface area contributed by atoms with Gasteiger partial charge in [0, 0.05) is 13.0 Å². The summed E-state index contributed by atoms with van der Waals surface area (Å²) in [6.45, 7) is 4.10. The van der Waals surface area contributed by atoms with E-state index in [1.807, 2.05) is 24.3 Å². The van der Waals surface area contributed by atoms with Crippen LogP contribution in [-0.2, 0) is 20.8 Å². The maximum Gasteiger partial charge on any atom is 0.337 e. The molecule has 3 rings (SSSR count). The summed E-state index contributed by atoms with van der Waals surface area (Å²) in [7, 11) is 1.39. The van der Waals surface area contributed by atoms with Crippen molar-refractivity contribution < 1.29 is 19.0 Å². The van der Waals surface area contributed by atoms with Crippen molar-refractivity contribution >= 4 is 5.97 Å². The van der Waals surface area contributed by atoms with Crippen LogP contribution in [0.4, 0.5) is 0 Å². The Kier molecular flexibility index (Phi) is 4.24. The molecular weight excluding hydrogens is 270 g/mol. The Labute approximate surface area is 124 Å². The zero-order chi connectivity index (χ0) is 14.7. The van der Waals surface area contributed by atoms with Gasteiger partial charge in [-0.25, -0.2) is 4.79 Å². The molecule has 114 valence electrons. The van der Waals surface area contributed by atoms with E-state index in [1.165, 1.54) is 12.7 Å². The van der Waals surface area contributed by atoms with Gasteiger partial charge in [-0.1, -0.05) is 12.1 Å². The normalized spacial score (nSPS) is 21.6. The first-order valence-corrected chi connectivity index (χ1v) is 7.38. The summed E-state index contributed by atoms with van der Waals surface area (Å²) in [4.78, 5) is 13.8. The summed E-state index contributed by atoms with van der Waals surface area (Å²) in [5.74, 6) is -0.685. The largest absolute Gasteiger partial charge is 0.465 e. The maximum absolute atomic E-state index is 11.4. The predicted octanol–water partition coefficient (Wildman–Crippen LogP) is 1.81. The summed E-state index contributed by atoms with van der Waals surface area (Å²) in [5.41, 5.74) is 1.76. The molecule has 0 bridgehead atoms. The van der Waals surface area contributed by atoms with Crippen LogP contribution in [-0.4, -0.2) is 50.1 Å². The highest BCUT2D eigenvalue weighted by Crippen LogP contribution is 2.30. The molecule has 0 N–H and O–H groups in total. The highest BCUT2D eigenvalue weighted by atomic mass is 16.7. The van der Waals surface area contributed by atoms with Crippen LogP contribution in [0.1, 0.15) is 28.8 Å². The third kappa shape index (κ3) is 3.26. The molecule has 2 aliphatic heterocycles. The number of carbonyl (C=O) groups is 1. The highest BCUT2D eigenvalue weighted by Gasteiger charge is 2.40. The molecule has 0 radical (unpaired) electrons. The lowest BCUT2D eigenvalue weighted by atomic mass is 10.0. The summed E-state index contributed by atoms with van der Waals surface area (Å²) < 4.78 is 16.3. The molecule has 1 aromatic carbocycles. The fourth-order valence-corrected chi connectivity index (χ4v) is 3.06. The van der Waals surface area contributed by atoms with Gasteiger partial charge in [0.15, 0.2) is 5.79 Å². The predicted molar refractivity (Wildman–Crippen MR) is 76.9 cm³/mol. The average Bonchev–Trinajstić information content (AvgIpc) is 2.95. The Morgan fingerprint density at radius 1 is 1.29 bits per heavy atom. The molecular formula is C16H21NO4.